The third-order valence-electron chi connectivity index (χ3n) is 4.65. The topological polar surface area (TPSA) is 152 Å². The zero-order chi connectivity index (χ0) is 25.8. The number of rotatable bonds is 10. The minimum atomic E-state index is -0.474. The monoisotopic (exact) mass is 484 g/mol. The molecule has 0 spiro atoms. The smallest absolute Gasteiger partial charge is 0.276 e. The molecule has 36 heavy (non-hydrogen) atoms. The molecule has 0 aromatic heterocycles. The van der Waals surface area contributed by atoms with Crippen LogP contribution >= 0.6 is 0 Å². The first-order valence-electron chi connectivity index (χ1n) is 10.5. The van der Waals surface area contributed by atoms with Crippen LogP contribution in [0.1, 0.15) is 21.5 Å². The van der Waals surface area contributed by atoms with Gasteiger partial charge in [0.1, 0.15) is 0 Å². The van der Waals surface area contributed by atoms with E-state index in [1.807, 2.05) is 0 Å². The number of carbonyl (C=O) groups excluding carboxylic acids is 1. The fourth-order valence-electron chi connectivity index (χ4n) is 2.94. The molecule has 0 aliphatic carbocycles. The number of hydrogen-bond acceptors (Lipinski definition) is 8. The summed E-state index contributed by atoms with van der Waals surface area (Å²) in [5.41, 5.74) is 7.00. The average molecular weight is 484 g/mol. The van der Waals surface area contributed by atoms with Crippen molar-refractivity contribution in [1.82, 2.24) is 5.43 Å². The van der Waals surface area contributed by atoms with Crippen molar-refractivity contribution in [2.45, 2.75) is 0 Å². The minimum Gasteiger partial charge on any atom is -0.279 e. The van der Waals surface area contributed by atoms with Gasteiger partial charge in [0.25, 0.3) is 17.3 Å². The van der Waals surface area contributed by atoms with E-state index in [0.717, 1.165) is 0 Å². The molecule has 0 saturated carbocycles. The van der Waals surface area contributed by atoms with Gasteiger partial charge in [-0.1, -0.05) is 24.3 Å². The summed E-state index contributed by atoms with van der Waals surface area (Å²) < 4.78 is 0. The number of carbonyl (C=O) groups is 1. The Kier molecular flexibility index (Phi) is 8.88. The van der Waals surface area contributed by atoms with Crippen LogP contribution in [0.2, 0.25) is 0 Å². The van der Waals surface area contributed by atoms with E-state index in [2.05, 4.69) is 21.1 Å². The lowest BCUT2D eigenvalue weighted by Crippen LogP contribution is -2.17. The molecule has 3 aromatic rings. The van der Waals surface area contributed by atoms with Crippen LogP contribution in [0.3, 0.4) is 0 Å². The first kappa shape index (κ1) is 25.2. The van der Waals surface area contributed by atoms with Crippen LogP contribution in [0.15, 0.2) is 95.2 Å². The lowest BCUT2D eigenvalue weighted by Gasteiger charge is -2.02. The van der Waals surface area contributed by atoms with Gasteiger partial charge in [-0.05, 0) is 60.7 Å². The van der Waals surface area contributed by atoms with Crippen molar-refractivity contribution in [3.63, 3.8) is 0 Å². The molecule has 0 fully saturated rings. The van der Waals surface area contributed by atoms with Crippen molar-refractivity contribution < 1.29 is 14.6 Å². The number of hydrogen-bond donors (Lipinski definition) is 2. The summed E-state index contributed by atoms with van der Waals surface area (Å²) in [6.45, 7) is 0. The third-order valence-corrected chi connectivity index (χ3v) is 4.65. The van der Waals surface area contributed by atoms with E-state index in [4.69, 9.17) is 0 Å². The molecule has 0 saturated heterocycles. The van der Waals surface area contributed by atoms with E-state index in [-0.39, 0.29) is 11.4 Å². The maximum absolute atomic E-state index is 12.2. The van der Waals surface area contributed by atoms with E-state index in [0.29, 0.717) is 22.4 Å². The molecule has 11 nitrogen and oxygen atoms in total. The molecule has 2 N–H and O–H groups in total. The molecule has 3 aromatic carbocycles. The third kappa shape index (κ3) is 7.28. The number of hydrazone groups is 2. The summed E-state index contributed by atoms with van der Waals surface area (Å²) in [5.74, 6) is -0.437. The molecule has 1 amide bonds. The van der Waals surface area contributed by atoms with Crippen LogP contribution in [-0.4, -0.2) is 28.2 Å². The Hall–Kier alpha value is -5.45. The van der Waals surface area contributed by atoms with Gasteiger partial charge in [-0.2, -0.15) is 10.2 Å². The second-order valence-electron chi connectivity index (χ2n) is 7.04. The Bertz CT molecular complexity index is 1360. The van der Waals surface area contributed by atoms with Crippen LogP contribution in [0, 0.1) is 20.2 Å². The number of nitro groups is 2. The molecule has 0 aliphatic heterocycles. The number of allylic oxidation sites excluding steroid dienone is 2. The summed E-state index contributed by atoms with van der Waals surface area (Å²) in [4.78, 5) is 33.3. The van der Waals surface area contributed by atoms with Gasteiger partial charge < -0.3 is 0 Å². The van der Waals surface area contributed by atoms with Gasteiger partial charge in [0, 0.05) is 30.1 Å². The minimum absolute atomic E-state index is 0.00417. The van der Waals surface area contributed by atoms with E-state index < -0.39 is 15.8 Å². The lowest BCUT2D eigenvalue weighted by atomic mass is 10.1. The van der Waals surface area contributed by atoms with E-state index >= 15 is 0 Å². The van der Waals surface area contributed by atoms with Crippen molar-refractivity contribution in [2.75, 3.05) is 5.43 Å². The molecule has 0 radical (unpaired) electrons. The standard InChI is InChI=1S/C25H20N6O5/c32-25(29-27-18-6-10-20-8-2-4-12-24(20)31(35)36)21-13-15-22(16-14-21)28-26-17-5-9-19-7-1-3-11-23(19)30(33)34/h1-18,28H,(H,29,32). The van der Waals surface area contributed by atoms with Gasteiger partial charge in [0.2, 0.25) is 0 Å². The summed E-state index contributed by atoms with van der Waals surface area (Å²) in [6.07, 6.45) is 8.91. The van der Waals surface area contributed by atoms with Gasteiger partial charge in [-0.25, -0.2) is 5.43 Å². The lowest BCUT2D eigenvalue weighted by molar-refractivity contribution is -0.385. The number of nitrogens with zero attached hydrogens (tertiary/aromatic N) is 4. The van der Waals surface area contributed by atoms with Gasteiger partial charge in [-0.3, -0.25) is 30.4 Å². The predicted octanol–water partition coefficient (Wildman–Crippen LogP) is 5.04. The first-order valence-corrected chi connectivity index (χ1v) is 10.5. The highest BCUT2D eigenvalue weighted by Gasteiger charge is 2.09. The van der Waals surface area contributed by atoms with Crippen LogP contribution in [0.5, 0.6) is 0 Å². The quantitative estimate of drug-likeness (QED) is 0.233. The Balaban J connectivity index is 1.49. The molecular weight excluding hydrogens is 464 g/mol. The Labute approximate surface area is 205 Å². The number of anilines is 1. The highest BCUT2D eigenvalue weighted by Crippen LogP contribution is 2.19. The van der Waals surface area contributed by atoms with Crippen LogP contribution in [0.4, 0.5) is 17.1 Å². The number of benzene rings is 3. The number of nitrogens with one attached hydrogen (secondary N) is 2. The number of amides is 1. The van der Waals surface area contributed by atoms with Crippen molar-refractivity contribution in [2.24, 2.45) is 10.2 Å². The summed E-state index contributed by atoms with van der Waals surface area (Å²) in [6, 6.07) is 19.1. The van der Waals surface area contributed by atoms with Gasteiger partial charge >= 0.3 is 0 Å². The molecule has 0 heterocycles. The maximum Gasteiger partial charge on any atom is 0.276 e. The van der Waals surface area contributed by atoms with Crippen LogP contribution in [-0.2, 0) is 0 Å². The number of para-hydroxylation sites is 2. The predicted molar refractivity (Wildman–Crippen MR) is 139 cm³/mol. The van der Waals surface area contributed by atoms with Gasteiger partial charge in [0.05, 0.1) is 26.7 Å². The number of nitro benzene ring substituents is 2. The summed E-state index contributed by atoms with van der Waals surface area (Å²) >= 11 is 0. The zero-order valence-corrected chi connectivity index (χ0v) is 18.7. The molecule has 0 bridgehead atoms. The second kappa shape index (κ2) is 12.7. The average Bonchev–Trinajstić information content (AvgIpc) is 2.89. The van der Waals surface area contributed by atoms with E-state index in [9.17, 15) is 25.0 Å². The largest absolute Gasteiger partial charge is 0.279 e. The van der Waals surface area contributed by atoms with Crippen molar-refractivity contribution in [1.29, 1.82) is 0 Å². The Morgan fingerprint density at radius 3 is 1.75 bits per heavy atom. The highest BCUT2D eigenvalue weighted by atomic mass is 16.6. The van der Waals surface area contributed by atoms with Gasteiger partial charge in [0.15, 0.2) is 0 Å². The maximum atomic E-state index is 12.2. The van der Waals surface area contributed by atoms with Crippen molar-refractivity contribution in [3.8, 4) is 0 Å². The molecule has 11 heteroatoms. The fourth-order valence-corrected chi connectivity index (χ4v) is 2.94. The first-order chi connectivity index (χ1) is 17.5. The zero-order valence-electron chi connectivity index (χ0n) is 18.7. The molecule has 0 atom stereocenters. The normalized spacial score (nSPS) is 11.4. The van der Waals surface area contributed by atoms with Gasteiger partial charge in [-0.15, -0.1) is 0 Å². The van der Waals surface area contributed by atoms with E-state index in [1.54, 1.807) is 72.8 Å². The van der Waals surface area contributed by atoms with Crippen molar-refractivity contribution >= 4 is 47.6 Å². The van der Waals surface area contributed by atoms with Crippen molar-refractivity contribution in [3.05, 3.63) is 122 Å². The molecular formula is C25H20N6O5. The Morgan fingerprint density at radius 1 is 0.722 bits per heavy atom. The summed E-state index contributed by atoms with van der Waals surface area (Å²) in [7, 11) is 0. The highest BCUT2D eigenvalue weighted by molar-refractivity contribution is 5.95. The van der Waals surface area contributed by atoms with E-state index in [1.165, 1.54) is 36.7 Å². The van der Waals surface area contributed by atoms with Crippen LogP contribution in [0.25, 0.3) is 12.2 Å². The molecule has 180 valence electrons. The Morgan fingerprint density at radius 2 is 1.22 bits per heavy atom. The fraction of sp³-hybridized carbons (Fsp3) is 0. The van der Waals surface area contributed by atoms with Crippen LogP contribution < -0.4 is 10.9 Å². The molecule has 0 unspecified atom stereocenters. The molecule has 0 aliphatic rings. The second-order valence-corrected chi connectivity index (χ2v) is 7.04. The SMILES string of the molecule is O=C(NN=CC=Cc1ccccc1[N+](=O)[O-])c1ccc(NN=CC=Cc2ccccc2[N+](=O)[O-])cc1. The summed E-state index contributed by atoms with van der Waals surface area (Å²) in [5, 5.41) is 29.8. The molecule has 3 rings (SSSR count).